The average molecular weight is 597 g/mol. The van der Waals surface area contributed by atoms with E-state index in [-0.39, 0.29) is 19.2 Å². The van der Waals surface area contributed by atoms with E-state index in [4.69, 9.17) is 37.0 Å². The highest BCUT2D eigenvalue weighted by atomic mass is 28.5. The van der Waals surface area contributed by atoms with Gasteiger partial charge in [0.1, 0.15) is 18.8 Å². The molecule has 2 saturated heterocycles. The minimum Gasteiger partial charge on any atom is -0.463 e. The Hall–Kier alpha value is -0.159. The molecule has 2 atom stereocenters. The summed E-state index contributed by atoms with van der Waals surface area (Å²) in [4.78, 5) is 11.1. The molecule has 0 aliphatic carbocycles. The van der Waals surface area contributed by atoms with Crippen LogP contribution in [0.5, 0.6) is 0 Å². The molecule has 2 aliphatic rings. The molecule has 9 nitrogen and oxygen atoms in total. The number of esters is 1. The minimum atomic E-state index is -2.13. The van der Waals surface area contributed by atoms with Gasteiger partial charge in [0.25, 0.3) is 0 Å². The second kappa shape index (κ2) is 16.9. The molecule has 2 aliphatic heterocycles. The fourth-order valence-corrected chi connectivity index (χ4v) is 17.9. The second-order valence-electron chi connectivity index (χ2n) is 12.5. The summed E-state index contributed by atoms with van der Waals surface area (Å²) in [6, 6.07) is 2.22. The third kappa shape index (κ3) is 18.2. The first kappa shape index (κ1) is 35.9. The molecule has 2 heterocycles. The highest BCUT2D eigenvalue weighted by molar-refractivity contribution is 6.87. The van der Waals surface area contributed by atoms with Crippen molar-refractivity contribution < 1.29 is 41.8 Å². The monoisotopic (exact) mass is 596 g/mol. The van der Waals surface area contributed by atoms with Crippen molar-refractivity contribution in [2.45, 2.75) is 104 Å². The molecule has 38 heavy (non-hydrogen) atoms. The maximum atomic E-state index is 11.1. The van der Waals surface area contributed by atoms with E-state index in [2.05, 4.69) is 39.3 Å². The smallest absolute Gasteiger partial charge is 0.311 e. The molecule has 0 aromatic heterocycles. The van der Waals surface area contributed by atoms with Gasteiger partial charge in [0.15, 0.2) is 16.6 Å². The van der Waals surface area contributed by atoms with Gasteiger partial charge >= 0.3 is 14.5 Å². The third-order valence-electron chi connectivity index (χ3n) is 6.35. The summed E-state index contributed by atoms with van der Waals surface area (Å²) in [6.45, 7) is 24.0. The zero-order valence-corrected chi connectivity index (χ0v) is 28.6. The van der Waals surface area contributed by atoms with Crippen LogP contribution in [0.2, 0.25) is 51.4 Å². The zero-order valence-electron chi connectivity index (χ0n) is 25.6. The van der Waals surface area contributed by atoms with Crippen LogP contribution in [0.15, 0.2) is 0 Å². The Balaban J connectivity index is 0.000000554. The lowest BCUT2D eigenvalue weighted by atomic mass is 9.91. The number of hydrogen-bond donors (Lipinski definition) is 1. The topological polar surface area (TPSA) is 109 Å². The van der Waals surface area contributed by atoms with E-state index in [1.807, 2.05) is 20.8 Å². The van der Waals surface area contributed by atoms with Crippen molar-refractivity contribution in [2.24, 2.45) is 5.41 Å². The molecule has 0 aromatic carbocycles. The van der Waals surface area contributed by atoms with Crippen molar-refractivity contribution in [3.63, 3.8) is 0 Å². The number of aliphatic hydroxyl groups excluding tert-OH is 1. The van der Waals surface area contributed by atoms with Crippen molar-refractivity contribution in [2.75, 3.05) is 52.9 Å². The Bertz CT molecular complexity index is 628. The van der Waals surface area contributed by atoms with Crippen LogP contribution in [0.4, 0.5) is 0 Å². The standard InChI is InChI=1S/C18H40O6Si3.C8H16O3/c1-25(2,11-7-9-19-13-17-15-21-17)23-27(5,6)24-26(3,4)12-8-10-20-14-18-16-22-18;1-4-8(2,3)7(10)11-6-5-9/h17-18H,7-16H2,1-6H3;9H,4-6H2,1-3H3. The van der Waals surface area contributed by atoms with Crippen LogP contribution in [0.1, 0.15) is 40.0 Å². The molecule has 0 radical (unpaired) electrons. The summed E-state index contributed by atoms with van der Waals surface area (Å²) in [7, 11) is -5.61. The summed E-state index contributed by atoms with van der Waals surface area (Å²) in [5, 5.41) is 8.38. The maximum absolute atomic E-state index is 11.1. The van der Waals surface area contributed by atoms with Gasteiger partial charge in [0.05, 0.1) is 38.4 Å². The average Bonchev–Trinajstić information content (AvgIpc) is 3.71. The number of ether oxygens (including phenoxy) is 5. The molecular formula is C26H56O9Si3. The van der Waals surface area contributed by atoms with Crippen LogP contribution in [-0.2, 0) is 36.7 Å². The van der Waals surface area contributed by atoms with Crippen molar-refractivity contribution in [3.05, 3.63) is 0 Å². The number of carbonyl (C=O) groups is 1. The van der Waals surface area contributed by atoms with Gasteiger partial charge in [-0.05, 0) is 84.5 Å². The lowest BCUT2D eigenvalue weighted by Gasteiger charge is -2.38. The van der Waals surface area contributed by atoms with Crippen LogP contribution < -0.4 is 0 Å². The largest absolute Gasteiger partial charge is 0.463 e. The van der Waals surface area contributed by atoms with E-state index >= 15 is 0 Å². The minimum absolute atomic E-state index is 0.0995. The summed E-state index contributed by atoms with van der Waals surface area (Å²) in [5.74, 6) is -0.242. The predicted octanol–water partition coefficient (Wildman–Crippen LogP) is 4.70. The molecule has 2 fully saturated rings. The number of aliphatic hydroxyl groups is 1. The zero-order chi connectivity index (χ0) is 28.9. The first-order valence-corrected chi connectivity index (χ1v) is 23.2. The van der Waals surface area contributed by atoms with E-state index in [0.29, 0.717) is 12.2 Å². The SMILES string of the molecule is CCC(C)(C)C(=O)OCCO.C[Si](C)(CCCOCC1CO1)O[Si](C)(C)O[Si](C)(C)CCCOCC1CO1. The fraction of sp³-hybridized carbons (Fsp3) is 0.962. The molecular weight excluding hydrogens is 541 g/mol. The van der Waals surface area contributed by atoms with Crippen molar-refractivity contribution in [3.8, 4) is 0 Å². The lowest BCUT2D eigenvalue weighted by Crippen LogP contribution is -2.52. The quantitative estimate of drug-likeness (QED) is 0.0926. The van der Waals surface area contributed by atoms with Gasteiger partial charge in [-0.2, -0.15) is 0 Å². The number of carbonyl (C=O) groups excluding carboxylic acids is 1. The number of hydrogen-bond acceptors (Lipinski definition) is 9. The van der Waals surface area contributed by atoms with Crippen LogP contribution in [0.3, 0.4) is 0 Å². The Labute approximate surface area is 234 Å². The normalized spacial score (nSPS) is 19.5. The lowest BCUT2D eigenvalue weighted by molar-refractivity contribution is -0.155. The van der Waals surface area contributed by atoms with Crippen molar-refractivity contribution in [1.82, 2.24) is 0 Å². The Morgan fingerprint density at radius 1 is 0.842 bits per heavy atom. The van der Waals surface area contributed by atoms with Crippen LogP contribution >= 0.6 is 0 Å². The van der Waals surface area contributed by atoms with Gasteiger partial charge in [0.2, 0.25) is 0 Å². The Morgan fingerprint density at radius 3 is 1.61 bits per heavy atom. The molecule has 0 amide bonds. The first-order chi connectivity index (χ1) is 17.6. The number of epoxide rings is 2. The van der Waals surface area contributed by atoms with Gasteiger partial charge in [-0.15, -0.1) is 0 Å². The van der Waals surface area contributed by atoms with E-state index in [9.17, 15) is 4.79 Å². The molecule has 1 N–H and O–H groups in total. The summed E-state index contributed by atoms with van der Waals surface area (Å²) in [6.07, 6.45) is 3.56. The molecule has 12 heteroatoms. The Morgan fingerprint density at radius 2 is 1.26 bits per heavy atom. The number of rotatable bonds is 20. The van der Waals surface area contributed by atoms with E-state index in [0.717, 1.165) is 71.0 Å². The van der Waals surface area contributed by atoms with E-state index in [1.165, 1.54) is 0 Å². The summed E-state index contributed by atoms with van der Waals surface area (Å²) in [5.41, 5.74) is -0.421. The molecule has 0 aromatic rings. The van der Waals surface area contributed by atoms with Gasteiger partial charge in [-0.1, -0.05) is 6.92 Å². The highest BCUT2D eigenvalue weighted by Crippen LogP contribution is 2.26. The van der Waals surface area contributed by atoms with Crippen LogP contribution in [-0.4, -0.2) is 101 Å². The molecule has 2 rings (SSSR count). The van der Waals surface area contributed by atoms with Gasteiger partial charge in [0, 0.05) is 13.2 Å². The van der Waals surface area contributed by atoms with Crippen molar-refractivity contribution in [1.29, 1.82) is 0 Å². The van der Waals surface area contributed by atoms with Crippen LogP contribution in [0, 0.1) is 5.41 Å². The second-order valence-corrected chi connectivity index (χ2v) is 25.0. The highest BCUT2D eigenvalue weighted by Gasteiger charge is 2.39. The van der Waals surface area contributed by atoms with Gasteiger partial charge in [-0.25, -0.2) is 0 Å². The van der Waals surface area contributed by atoms with Gasteiger partial charge in [-0.3, -0.25) is 4.79 Å². The van der Waals surface area contributed by atoms with Crippen LogP contribution in [0.25, 0.3) is 0 Å². The molecule has 0 bridgehead atoms. The molecule has 2 unspecified atom stereocenters. The predicted molar refractivity (Wildman–Crippen MR) is 157 cm³/mol. The van der Waals surface area contributed by atoms with Crippen molar-refractivity contribution >= 4 is 31.2 Å². The summed E-state index contributed by atoms with van der Waals surface area (Å²) >= 11 is 0. The Kier molecular flexibility index (Phi) is 16.0. The molecule has 0 saturated carbocycles. The molecule has 0 spiro atoms. The summed E-state index contributed by atoms with van der Waals surface area (Å²) < 4.78 is 39.7. The van der Waals surface area contributed by atoms with Gasteiger partial charge < -0.3 is 37.0 Å². The fourth-order valence-electron chi connectivity index (χ4n) is 3.89. The first-order valence-electron chi connectivity index (χ1n) is 14.2. The van der Waals surface area contributed by atoms with E-state index < -0.39 is 30.6 Å². The molecule has 226 valence electrons. The maximum Gasteiger partial charge on any atom is 0.311 e. The van der Waals surface area contributed by atoms with E-state index in [1.54, 1.807) is 0 Å². The third-order valence-corrected chi connectivity index (χ3v) is 17.8.